The second-order valence-corrected chi connectivity index (χ2v) is 8.21. The minimum atomic E-state index is -1.24. The Hall–Kier alpha value is -3.49. The number of nitrogens with one attached hydrogen (secondary N) is 1. The molecule has 1 amide bonds. The monoisotopic (exact) mass is 397 g/mol. The van der Waals surface area contributed by atoms with Crippen LogP contribution in [0.5, 0.6) is 0 Å². The third-order valence-electron chi connectivity index (χ3n) is 4.44. The highest BCUT2D eigenvalue weighted by Gasteiger charge is 2.30. The summed E-state index contributed by atoms with van der Waals surface area (Å²) in [7, 11) is 0. The van der Waals surface area contributed by atoms with Crippen LogP contribution in [-0.2, 0) is 15.7 Å². The third-order valence-corrected chi connectivity index (χ3v) is 4.44. The molecule has 0 aliphatic rings. The smallest absolute Gasteiger partial charge is 0.331 e. The average Bonchev–Trinajstić information content (AvgIpc) is 3.31. The van der Waals surface area contributed by atoms with E-state index in [0.717, 1.165) is 0 Å². The van der Waals surface area contributed by atoms with Crippen molar-refractivity contribution in [3.05, 3.63) is 48.0 Å². The number of aliphatic carboxylic acids is 1. The van der Waals surface area contributed by atoms with Crippen LogP contribution in [-0.4, -0.2) is 36.9 Å². The van der Waals surface area contributed by atoms with E-state index in [1.807, 2.05) is 20.8 Å². The van der Waals surface area contributed by atoms with E-state index in [2.05, 4.69) is 20.6 Å². The molecule has 2 aromatic heterocycles. The first-order valence-corrected chi connectivity index (χ1v) is 9.03. The molecule has 0 saturated heterocycles. The number of amides is 1. The number of benzene rings is 1. The van der Waals surface area contributed by atoms with Gasteiger partial charge in [-0.3, -0.25) is 9.48 Å². The molecule has 0 spiro atoms. The molecule has 2 N–H and O–H groups in total. The number of anilines is 1. The predicted octanol–water partition coefficient (Wildman–Crippen LogP) is 3.30. The number of carbonyl (C=O) groups is 2. The molecule has 3 rings (SSSR count). The molecule has 29 heavy (non-hydrogen) atoms. The standard InChI is InChI=1S/C20H23N5O4/c1-19(2,3)17-23-16(29-24-17)14-9-7-6-8-13(14)15(26)22-12-10-21-25(11-12)20(4,5)18(27)28/h6-11H,1-5H3,(H,22,26)(H,27,28). The minimum absolute atomic E-state index is 0.253. The maximum atomic E-state index is 12.9. The molecule has 0 atom stereocenters. The summed E-state index contributed by atoms with van der Waals surface area (Å²) < 4.78 is 6.65. The molecule has 9 nitrogen and oxygen atoms in total. The van der Waals surface area contributed by atoms with Crippen LogP contribution < -0.4 is 5.32 Å². The highest BCUT2D eigenvalue weighted by molar-refractivity contribution is 6.08. The summed E-state index contributed by atoms with van der Waals surface area (Å²) in [4.78, 5) is 28.6. The van der Waals surface area contributed by atoms with Crippen LogP contribution in [0, 0.1) is 0 Å². The van der Waals surface area contributed by atoms with E-state index >= 15 is 0 Å². The number of nitrogens with zero attached hydrogens (tertiary/aromatic N) is 4. The molecule has 0 fully saturated rings. The number of carboxylic acids is 1. The largest absolute Gasteiger partial charge is 0.479 e. The van der Waals surface area contributed by atoms with Crippen LogP contribution >= 0.6 is 0 Å². The number of hydrogen-bond donors (Lipinski definition) is 2. The van der Waals surface area contributed by atoms with Crippen molar-refractivity contribution in [2.24, 2.45) is 0 Å². The van der Waals surface area contributed by atoms with Crippen LogP contribution in [0.3, 0.4) is 0 Å². The van der Waals surface area contributed by atoms with Gasteiger partial charge >= 0.3 is 5.97 Å². The maximum Gasteiger partial charge on any atom is 0.331 e. The summed E-state index contributed by atoms with van der Waals surface area (Å²) in [5.74, 6) is -0.637. The van der Waals surface area contributed by atoms with Gasteiger partial charge in [-0.15, -0.1) is 0 Å². The van der Waals surface area contributed by atoms with Crippen LogP contribution in [0.25, 0.3) is 11.5 Å². The van der Waals surface area contributed by atoms with Crippen molar-refractivity contribution >= 4 is 17.6 Å². The molecule has 0 bridgehead atoms. The van der Waals surface area contributed by atoms with Gasteiger partial charge in [0, 0.05) is 11.6 Å². The zero-order valence-corrected chi connectivity index (χ0v) is 16.9. The van der Waals surface area contributed by atoms with Crippen molar-refractivity contribution in [3.63, 3.8) is 0 Å². The van der Waals surface area contributed by atoms with Crippen molar-refractivity contribution in [2.75, 3.05) is 5.32 Å². The van der Waals surface area contributed by atoms with E-state index < -0.39 is 17.4 Å². The lowest BCUT2D eigenvalue weighted by Crippen LogP contribution is -2.35. The Morgan fingerprint density at radius 3 is 2.45 bits per heavy atom. The zero-order chi connectivity index (χ0) is 21.4. The fourth-order valence-electron chi connectivity index (χ4n) is 2.49. The Morgan fingerprint density at radius 2 is 1.83 bits per heavy atom. The van der Waals surface area contributed by atoms with Crippen LogP contribution in [0.2, 0.25) is 0 Å². The topological polar surface area (TPSA) is 123 Å². The Labute approximate surface area is 167 Å². The first-order chi connectivity index (χ1) is 13.5. The normalized spacial score (nSPS) is 12.0. The lowest BCUT2D eigenvalue weighted by molar-refractivity contribution is -0.146. The lowest BCUT2D eigenvalue weighted by atomic mass is 9.96. The quantitative estimate of drug-likeness (QED) is 0.677. The van der Waals surface area contributed by atoms with Crippen molar-refractivity contribution in [1.82, 2.24) is 19.9 Å². The van der Waals surface area contributed by atoms with Crippen LogP contribution in [0.4, 0.5) is 5.69 Å². The minimum Gasteiger partial charge on any atom is -0.479 e. The molecule has 2 heterocycles. The summed E-state index contributed by atoms with van der Waals surface area (Å²) in [5, 5.41) is 20.1. The van der Waals surface area contributed by atoms with Gasteiger partial charge in [0.15, 0.2) is 11.4 Å². The Bertz CT molecular complexity index is 1060. The molecule has 152 valence electrons. The second-order valence-electron chi connectivity index (χ2n) is 8.21. The molecule has 0 radical (unpaired) electrons. The average molecular weight is 397 g/mol. The van der Waals surface area contributed by atoms with Gasteiger partial charge in [0.2, 0.25) is 0 Å². The fraction of sp³-hybridized carbons (Fsp3) is 0.350. The third kappa shape index (κ3) is 4.03. The molecule has 0 unspecified atom stereocenters. The van der Waals surface area contributed by atoms with Gasteiger partial charge in [-0.25, -0.2) is 4.79 Å². The molecular weight excluding hydrogens is 374 g/mol. The molecule has 0 saturated carbocycles. The van der Waals surface area contributed by atoms with E-state index in [1.165, 1.54) is 30.9 Å². The molecule has 9 heteroatoms. The highest BCUT2D eigenvalue weighted by atomic mass is 16.5. The van der Waals surface area contributed by atoms with E-state index in [1.54, 1.807) is 24.3 Å². The van der Waals surface area contributed by atoms with Crippen molar-refractivity contribution in [1.29, 1.82) is 0 Å². The molecule has 0 aliphatic heterocycles. The molecular formula is C20H23N5O4. The first-order valence-electron chi connectivity index (χ1n) is 9.03. The summed E-state index contributed by atoms with van der Waals surface area (Å²) >= 11 is 0. The summed E-state index contributed by atoms with van der Waals surface area (Å²) in [5.41, 5.74) is -0.300. The van der Waals surface area contributed by atoms with E-state index in [9.17, 15) is 14.7 Å². The number of carboxylic acid groups (broad SMARTS) is 1. The fourth-order valence-corrected chi connectivity index (χ4v) is 2.49. The van der Waals surface area contributed by atoms with Gasteiger partial charge in [-0.05, 0) is 26.0 Å². The number of aromatic nitrogens is 4. The van der Waals surface area contributed by atoms with E-state index in [4.69, 9.17) is 4.52 Å². The van der Waals surface area contributed by atoms with E-state index in [-0.39, 0.29) is 11.3 Å². The van der Waals surface area contributed by atoms with E-state index in [0.29, 0.717) is 22.6 Å². The lowest BCUT2D eigenvalue weighted by Gasteiger charge is -2.19. The maximum absolute atomic E-state index is 12.9. The van der Waals surface area contributed by atoms with Crippen molar-refractivity contribution in [2.45, 2.75) is 45.6 Å². The first kappa shape index (κ1) is 20.2. The number of hydrogen-bond acceptors (Lipinski definition) is 6. The van der Waals surface area contributed by atoms with Gasteiger partial charge < -0.3 is 14.9 Å². The van der Waals surface area contributed by atoms with Gasteiger partial charge in [0.05, 0.1) is 23.0 Å². The zero-order valence-electron chi connectivity index (χ0n) is 16.9. The Balaban J connectivity index is 1.87. The predicted molar refractivity (Wildman–Crippen MR) is 106 cm³/mol. The van der Waals surface area contributed by atoms with Crippen molar-refractivity contribution < 1.29 is 19.2 Å². The summed E-state index contributed by atoms with van der Waals surface area (Å²) in [6, 6.07) is 6.89. The molecule has 0 aliphatic carbocycles. The second kappa shape index (κ2) is 7.16. The SMILES string of the molecule is CC(C)(C)c1noc(-c2ccccc2C(=O)Nc2cnn(C(C)(C)C(=O)O)c2)n1. The Kier molecular flexibility index (Phi) is 5.00. The number of rotatable bonds is 5. The van der Waals surface area contributed by atoms with Gasteiger partial charge in [0.25, 0.3) is 11.8 Å². The summed E-state index contributed by atoms with van der Waals surface area (Å²) in [6.45, 7) is 8.95. The molecule has 3 aromatic rings. The van der Waals surface area contributed by atoms with Crippen molar-refractivity contribution in [3.8, 4) is 11.5 Å². The van der Waals surface area contributed by atoms with Gasteiger partial charge in [0.1, 0.15) is 0 Å². The number of carbonyl (C=O) groups excluding carboxylic acids is 1. The van der Waals surface area contributed by atoms with Gasteiger partial charge in [-0.2, -0.15) is 10.1 Å². The van der Waals surface area contributed by atoms with Crippen LogP contribution in [0.1, 0.15) is 50.8 Å². The molecule has 1 aromatic carbocycles. The summed E-state index contributed by atoms with van der Waals surface area (Å²) in [6.07, 6.45) is 2.87. The highest BCUT2D eigenvalue weighted by Crippen LogP contribution is 2.27. The van der Waals surface area contributed by atoms with Crippen LogP contribution in [0.15, 0.2) is 41.2 Å². The van der Waals surface area contributed by atoms with Gasteiger partial charge in [-0.1, -0.05) is 38.1 Å². The Morgan fingerprint density at radius 1 is 1.14 bits per heavy atom.